The molecule has 0 radical (unpaired) electrons. The molecule has 1 atom stereocenters. The Morgan fingerprint density at radius 2 is 1.78 bits per heavy atom. The normalized spacial score (nSPS) is 18.4. The van der Waals surface area contributed by atoms with Crippen molar-refractivity contribution in [2.45, 2.75) is 33.1 Å². The second kappa shape index (κ2) is 8.91. The largest absolute Gasteiger partial charge is 0.369 e. The molecule has 1 aromatic heterocycles. The first kappa shape index (κ1) is 21.7. The number of hydrogen-bond donors (Lipinski definition) is 1. The van der Waals surface area contributed by atoms with Crippen LogP contribution in [-0.4, -0.2) is 39.8 Å². The summed E-state index contributed by atoms with van der Waals surface area (Å²) in [6.07, 6.45) is 4.93. The van der Waals surface area contributed by atoms with Crippen LogP contribution in [0.4, 0.5) is 0 Å². The summed E-state index contributed by atoms with van der Waals surface area (Å²) in [5.74, 6) is -0.581. The van der Waals surface area contributed by atoms with E-state index in [-0.39, 0.29) is 24.1 Å². The molecule has 3 aromatic rings. The molecule has 2 heterocycles. The third kappa shape index (κ3) is 4.54. The minimum atomic E-state index is -0.808. The summed E-state index contributed by atoms with van der Waals surface area (Å²) in [7, 11) is 0. The Bertz CT molecular complexity index is 1140. The first-order chi connectivity index (χ1) is 15.4. The molecular weight excluding hydrogens is 400 g/mol. The SMILES string of the molecule is Cc1cccc(-c2cccc(C[C@]3(C(N)=O)CCCN(C(=O)c4cnc(C)cn4)C3)c2)c1. The molecule has 6 heteroatoms. The first-order valence-electron chi connectivity index (χ1n) is 10.9. The maximum Gasteiger partial charge on any atom is 0.274 e. The van der Waals surface area contributed by atoms with Crippen LogP contribution in [0, 0.1) is 19.3 Å². The zero-order valence-corrected chi connectivity index (χ0v) is 18.5. The van der Waals surface area contributed by atoms with E-state index in [9.17, 15) is 9.59 Å². The summed E-state index contributed by atoms with van der Waals surface area (Å²) in [6.45, 7) is 4.75. The molecule has 2 amide bonds. The molecule has 0 saturated carbocycles. The van der Waals surface area contributed by atoms with Gasteiger partial charge in [0, 0.05) is 19.3 Å². The Morgan fingerprint density at radius 3 is 2.47 bits per heavy atom. The van der Waals surface area contributed by atoms with E-state index in [1.54, 1.807) is 11.1 Å². The fourth-order valence-corrected chi connectivity index (χ4v) is 4.48. The number of hydrogen-bond acceptors (Lipinski definition) is 4. The predicted molar refractivity (Wildman–Crippen MR) is 124 cm³/mol. The van der Waals surface area contributed by atoms with Gasteiger partial charge < -0.3 is 10.6 Å². The number of likely N-dealkylation sites (tertiary alicyclic amines) is 1. The number of aryl methyl sites for hydroxylation is 2. The molecule has 6 nitrogen and oxygen atoms in total. The fourth-order valence-electron chi connectivity index (χ4n) is 4.48. The average Bonchev–Trinajstić information content (AvgIpc) is 2.79. The van der Waals surface area contributed by atoms with Crippen molar-refractivity contribution in [1.29, 1.82) is 0 Å². The van der Waals surface area contributed by atoms with Gasteiger partial charge in [0.15, 0.2) is 0 Å². The number of rotatable bonds is 5. The van der Waals surface area contributed by atoms with Gasteiger partial charge in [0.2, 0.25) is 5.91 Å². The molecule has 1 fully saturated rings. The quantitative estimate of drug-likeness (QED) is 0.671. The Balaban J connectivity index is 1.59. The van der Waals surface area contributed by atoms with Gasteiger partial charge in [-0.3, -0.25) is 14.6 Å². The van der Waals surface area contributed by atoms with Crippen molar-refractivity contribution < 1.29 is 9.59 Å². The van der Waals surface area contributed by atoms with E-state index in [1.807, 2.05) is 25.1 Å². The van der Waals surface area contributed by atoms with E-state index in [4.69, 9.17) is 5.73 Å². The van der Waals surface area contributed by atoms with Gasteiger partial charge in [-0.25, -0.2) is 4.98 Å². The third-order valence-electron chi connectivity index (χ3n) is 6.21. The first-order valence-corrected chi connectivity index (χ1v) is 10.9. The standard InChI is InChI=1S/C26H28N4O2/c1-18-6-3-8-21(12-18)22-9-4-7-20(13-22)14-26(25(27)32)10-5-11-30(17-26)24(31)23-16-28-19(2)15-29-23/h3-4,6-9,12-13,15-16H,5,10-11,14,17H2,1-2H3,(H2,27,32)/t26-/m1/s1. The van der Waals surface area contributed by atoms with Crippen LogP contribution >= 0.6 is 0 Å². The molecular formula is C26H28N4O2. The van der Waals surface area contributed by atoms with Crippen LogP contribution in [0.15, 0.2) is 60.9 Å². The molecule has 2 aromatic carbocycles. The van der Waals surface area contributed by atoms with Crippen molar-refractivity contribution >= 4 is 11.8 Å². The van der Waals surface area contributed by atoms with Crippen molar-refractivity contribution in [3.05, 3.63) is 83.4 Å². The number of amides is 2. The maximum atomic E-state index is 13.0. The highest BCUT2D eigenvalue weighted by molar-refractivity contribution is 5.93. The monoisotopic (exact) mass is 428 g/mol. The van der Waals surface area contributed by atoms with Crippen LogP contribution < -0.4 is 5.73 Å². The van der Waals surface area contributed by atoms with E-state index in [2.05, 4.69) is 47.2 Å². The number of piperidine rings is 1. The number of nitrogens with two attached hydrogens (primary N) is 1. The van der Waals surface area contributed by atoms with Crippen molar-refractivity contribution in [3.8, 4) is 11.1 Å². The lowest BCUT2D eigenvalue weighted by Gasteiger charge is -2.40. The van der Waals surface area contributed by atoms with Gasteiger partial charge in [0.25, 0.3) is 5.91 Å². The number of benzene rings is 2. The third-order valence-corrected chi connectivity index (χ3v) is 6.21. The lowest BCUT2D eigenvalue weighted by molar-refractivity contribution is -0.130. The van der Waals surface area contributed by atoms with E-state index >= 15 is 0 Å². The summed E-state index contributed by atoms with van der Waals surface area (Å²) in [5.41, 5.74) is 10.6. The molecule has 1 aliphatic rings. The molecule has 164 valence electrons. The van der Waals surface area contributed by atoms with Crippen molar-refractivity contribution in [2.75, 3.05) is 13.1 Å². The van der Waals surface area contributed by atoms with Crippen LogP contribution in [0.2, 0.25) is 0 Å². The summed E-state index contributed by atoms with van der Waals surface area (Å²) < 4.78 is 0. The molecule has 1 saturated heterocycles. The van der Waals surface area contributed by atoms with E-state index in [1.165, 1.54) is 11.8 Å². The number of aromatic nitrogens is 2. The van der Waals surface area contributed by atoms with Crippen molar-refractivity contribution in [2.24, 2.45) is 11.1 Å². The maximum absolute atomic E-state index is 13.0. The lowest BCUT2D eigenvalue weighted by atomic mass is 9.74. The molecule has 32 heavy (non-hydrogen) atoms. The van der Waals surface area contributed by atoms with Gasteiger partial charge in [-0.15, -0.1) is 0 Å². The molecule has 1 aliphatic heterocycles. The fraction of sp³-hybridized carbons (Fsp3) is 0.308. The zero-order valence-electron chi connectivity index (χ0n) is 18.5. The molecule has 0 bridgehead atoms. The van der Waals surface area contributed by atoms with Crippen LogP contribution in [0.1, 0.15) is 40.2 Å². The summed E-state index contributed by atoms with van der Waals surface area (Å²) >= 11 is 0. The molecule has 2 N–H and O–H groups in total. The van der Waals surface area contributed by atoms with E-state index in [0.717, 1.165) is 22.4 Å². The highest BCUT2D eigenvalue weighted by Gasteiger charge is 2.42. The van der Waals surface area contributed by atoms with Crippen LogP contribution in [0.25, 0.3) is 11.1 Å². The summed E-state index contributed by atoms with van der Waals surface area (Å²) in [4.78, 5) is 35.8. The van der Waals surface area contributed by atoms with Gasteiger partial charge in [-0.05, 0) is 49.8 Å². The molecule has 4 rings (SSSR count). The molecule has 0 aliphatic carbocycles. The Kier molecular flexibility index (Phi) is 6.04. The smallest absolute Gasteiger partial charge is 0.274 e. The Hall–Kier alpha value is -3.54. The minimum Gasteiger partial charge on any atom is -0.369 e. The molecule has 0 spiro atoms. The number of primary amides is 1. The zero-order chi connectivity index (χ0) is 22.7. The van der Waals surface area contributed by atoms with Gasteiger partial charge in [-0.2, -0.15) is 0 Å². The number of carbonyl (C=O) groups is 2. The summed E-state index contributed by atoms with van der Waals surface area (Å²) in [6, 6.07) is 16.6. The van der Waals surface area contributed by atoms with E-state index < -0.39 is 5.41 Å². The Labute approximate surface area is 188 Å². The number of carbonyl (C=O) groups excluding carboxylic acids is 2. The highest BCUT2D eigenvalue weighted by atomic mass is 16.2. The minimum absolute atomic E-state index is 0.212. The van der Waals surface area contributed by atoms with Crippen molar-refractivity contribution in [1.82, 2.24) is 14.9 Å². The molecule has 0 unspecified atom stereocenters. The van der Waals surface area contributed by atoms with Crippen LogP contribution in [-0.2, 0) is 11.2 Å². The van der Waals surface area contributed by atoms with Gasteiger partial charge in [0.1, 0.15) is 5.69 Å². The second-order valence-electron chi connectivity index (χ2n) is 8.76. The van der Waals surface area contributed by atoms with Gasteiger partial charge in [0.05, 0.1) is 17.3 Å². The van der Waals surface area contributed by atoms with Gasteiger partial charge in [-0.1, -0.05) is 54.1 Å². The van der Waals surface area contributed by atoms with Crippen LogP contribution in [0.3, 0.4) is 0 Å². The van der Waals surface area contributed by atoms with Gasteiger partial charge >= 0.3 is 0 Å². The topological polar surface area (TPSA) is 89.2 Å². The average molecular weight is 429 g/mol. The lowest BCUT2D eigenvalue weighted by Crippen LogP contribution is -2.53. The summed E-state index contributed by atoms with van der Waals surface area (Å²) in [5, 5.41) is 0. The predicted octanol–water partition coefficient (Wildman–Crippen LogP) is 3.71. The Morgan fingerprint density at radius 1 is 1.03 bits per heavy atom. The van der Waals surface area contributed by atoms with Crippen LogP contribution in [0.5, 0.6) is 0 Å². The highest BCUT2D eigenvalue weighted by Crippen LogP contribution is 2.35. The second-order valence-corrected chi connectivity index (χ2v) is 8.76. The number of nitrogens with zero attached hydrogens (tertiary/aromatic N) is 3. The van der Waals surface area contributed by atoms with E-state index in [0.29, 0.717) is 25.8 Å². The van der Waals surface area contributed by atoms with Crippen molar-refractivity contribution in [3.63, 3.8) is 0 Å².